The lowest BCUT2D eigenvalue weighted by molar-refractivity contribution is -0.143. The van der Waals surface area contributed by atoms with E-state index >= 15 is 0 Å². The normalized spacial score (nSPS) is 25.4. The monoisotopic (exact) mass is 290 g/mol. The number of ether oxygens (including phenoxy) is 1. The van der Waals surface area contributed by atoms with E-state index in [2.05, 4.69) is 6.92 Å². The first kappa shape index (κ1) is 16.0. The summed E-state index contributed by atoms with van der Waals surface area (Å²) in [5, 5.41) is 0. The zero-order valence-corrected chi connectivity index (χ0v) is 13.2. The number of nitrogens with zero attached hydrogens (tertiary/aromatic N) is 1. The van der Waals surface area contributed by atoms with Crippen molar-refractivity contribution in [3.63, 3.8) is 0 Å². The molecule has 3 unspecified atom stereocenters. The smallest absolute Gasteiger partial charge is 0.227 e. The Bertz CT molecular complexity index is 477. The molecule has 0 bridgehead atoms. The molecule has 2 N–H and O–H groups in total. The lowest BCUT2D eigenvalue weighted by Gasteiger charge is -2.41. The maximum absolute atomic E-state index is 12.7. The molecule has 1 aromatic carbocycles. The Morgan fingerprint density at radius 3 is 2.67 bits per heavy atom. The van der Waals surface area contributed by atoms with Crippen LogP contribution in [-0.4, -0.2) is 36.6 Å². The van der Waals surface area contributed by atoms with Gasteiger partial charge in [0.25, 0.3) is 0 Å². The highest BCUT2D eigenvalue weighted by Crippen LogP contribution is 2.27. The Kier molecular flexibility index (Phi) is 5.01. The Morgan fingerprint density at radius 1 is 1.38 bits per heavy atom. The maximum atomic E-state index is 12.7. The van der Waals surface area contributed by atoms with Crippen molar-refractivity contribution < 1.29 is 9.53 Å². The number of likely N-dealkylation sites (tertiary alicyclic amines) is 1. The summed E-state index contributed by atoms with van der Waals surface area (Å²) in [4.78, 5) is 14.6. The van der Waals surface area contributed by atoms with Crippen LogP contribution in [0, 0.1) is 5.92 Å². The average molecular weight is 290 g/mol. The average Bonchev–Trinajstić information content (AvgIpc) is 2.53. The van der Waals surface area contributed by atoms with Crippen molar-refractivity contribution in [2.24, 2.45) is 11.7 Å². The van der Waals surface area contributed by atoms with Crippen LogP contribution in [0.3, 0.4) is 0 Å². The summed E-state index contributed by atoms with van der Waals surface area (Å²) in [7, 11) is 1.72. The highest BCUT2D eigenvalue weighted by molar-refractivity contribution is 5.79. The van der Waals surface area contributed by atoms with Crippen molar-refractivity contribution in [2.45, 2.75) is 38.3 Å². The maximum Gasteiger partial charge on any atom is 0.227 e. The van der Waals surface area contributed by atoms with E-state index in [4.69, 9.17) is 10.5 Å². The second-order valence-electron chi connectivity index (χ2n) is 6.24. The Balaban J connectivity index is 2.05. The molecule has 1 aromatic rings. The number of amides is 1. The SMILES string of the molecule is COC1(C)CCCN(C(=O)C(C)C(N)c2ccccc2)C1. The molecule has 21 heavy (non-hydrogen) atoms. The highest BCUT2D eigenvalue weighted by atomic mass is 16.5. The van der Waals surface area contributed by atoms with Crippen LogP contribution in [0.15, 0.2) is 30.3 Å². The second kappa shape index (κ2) is 6.58. The first-order valence-electron chi connectivity index (χ1n) is 7.61. The number of hydrogen-bond donors (Lipinski definition) is 1. The molecule has 2 rings (SSSR count). The van der Waals surface area contributed by atoms with Crippen LogP contribution in [0.2, 0.25) is 0 Å². The molecule has 1 fully saturated rings. The van der Waals surface area contributed by atoms with E-state index in [1.165, 1.54) is 0 Å². The number of methoxy groups -OCH3 is 1. The van der Waals surface area contributed by atoms with Crippen molar-refractivity contribution in [2.75, 3.05) is 20.2 Å². The molecule has 1 heterocycles. The molecule has 1 amide bonds. The molecule has 0 aliphatic carbocycles. The molecule has 3 atom stereocenters. The largest absolute Gasteiger partial charge is 0.377 e. The van der Waals surface area contributed by atoms with Gasteiger partial charge in [-0.2, -0.15) is 0 Å². The predicted molar refractivity (Wildman–Crippen MR) is 83.8 cm³/mol. The van der Waals surface area contributed by atoms with Gasteiger partial charge in [0.1, 0.15) is 0 Å². The topological polar surface area (TPSA) is 55.6 Å². The summed E-state index contributed by atoms with van der Waals surface area (Å²) < 4.78 is 5.56. The first-order valence-corrected chi connectivity index (χ1v) is 7.61. The lowest BCUT2D eigenvalue weighted by Crippen LogP contribution is -2.51. The van der Waals surface area contributed by atoms with Gasteiger partial charge in [-0.05, 0) is 25.3 Å². The van der Waals surface area contributed by atoms with Crippen molar-refractivity contribution in [3.8, 4) is 0 Å². The van der Waals surface area contributed by atoms with Gasteiger partial charge in [-0.25, -0.2) is 0 Å². The molecular formula is C17H26N2O2. The van der Waals surface area contributed by atoms with Crippen molar-refractivity contribution >= 4 is 5.91 Å². The van der Waals surface area contributed by atoms with E-state index in [1.54, 1.807) is 7.11 Å². The molecule has 0 aromatic heterocycles. The molecule has 4 nitrogen and oxygen atoms in total. The minimum absolute atomic E-state index is 0.120. The molecule has 116 valence electrons. The van der Waals surface area contributed by atoms with Crippen LogP contribution in [0.1, 0.15) is 38.3 Å². The van der Waals surface area contributed by atoms with Gasteiger partial charge in [0.2, 0.25) is 5.91 Å². The number of benzene rings is 1. The molecule has 1 saturated heterocycles. The van der Waals surface area contributed by atoms with Crippen LogP contribution >= 0.6 is 0 Å². The van der Waals surface area contributed by atoms with Crippen LogP contribution in [-0.2, 0) is 9.53 Å². The van der Waals surface area contributed by atoms with Crippen molar-refractivity contribution in [3.05, 3.63) is 35.9 Å². The van der Waals surface area contributed by atoms with Gasteiger partial charge in [-0.1, -0.05) is 37.3 Å². The third-order valence-electron chi connectivity index (χ3n) is 4.58. The Hall–Kier alpha value is -1.39. The van der Waals surface area contributed by atoms with Crippen molar-refractivity contribution in [1.82, 2.24) is 4.90 Å². The number of carbonyl (C=O) groups excluding carboxylic acids is 1. The summed E-state index contributed by atoms with van der Waals surface area (Å²) in [5.41, 5.74) is 7.04. The minimum atomic E-state index is -0.269. The van der Waals surface area contributed by atoms with E-state index in [0.717, 1.165) is 24.9 Å². The van der Waals surface area contributed by atoms with Gasteiger partial charge in [0.15, 0.2) is 0 Å². The number of carbonyl (C=O) groups is 1. The van der Waals surface area contributed by atoms with Crippen LogP contribution in [0.5, 0.6) is 0 Å². The van der Waals surface area contributed by atoms with Crippen LogP contribution < -0.4 is 5.73 Å². The molecule has 0 radical (unpaired) electrons. The van der Waals surface area contributed by atoms with Gasteiger partial charge < -0.3 is 15.4 Å². The highest BCUT2D eigenvalue weighted by Gasteiger charge is 2.35. The third-order valence-corrected chi connectivity index (χ3v) is 4.58. The van der Waals surface area contributed by atoms with E-state index < -0.39 is 0 Å². The summed E-state index contributed by atoms with van der Waals surface area (Å²) in [6, 6.07) is 9.55. The van der Waals surface area contributed by atoms with Crippen LogP contribution in [0.25, 0.3) is 0 Å². The molecule has 1 aliphatic heterocycles. The summed E-state index contributed by atoms with van der Waals surface area (Å²) in [5.74, 6) is -0.110. The van der Waals surface area contributed by atoms with Crippen LogP contribution in [0.4, 0.5) is 0 Å². The Morgan fingerprint density at radius 2 is 2.05 bits per heavy atom. The van der Waals surface area contributed by atoms with Gasteiger partial charge >= 0.3 is 0 Å². The third kappa shape index (κ3) is 3.63. The zero-order valence-electron chi connectivity index (χ0n) is 13.2. The second-order valence-corrected chi connectivity index (χ2v) is 6.24. The van der Waals surface area contributed by atoms with E-state index in [-0.39, 0.29) is 23.5 Å². The van der Waals surface area contributed by atoms with Gasteiger partial charge in [-0.15, -0.1) is 0 Å². The molecule has 0 spiro atoms. The van der Waals surface area contributed by atoms with E-state index in [9.17, 15) is 4.79 Å². The fourth-order valence-corrected chi connectivity index (χ4v) is 2.97. The van der Waals surface area contributed by atoms with Gasteiger partial charge in [-0.3, -0.25) is 4.79 Å². The number of rotatable bonds is 4. The van der Waals surface area contributed by atoms with Gasteiger partial charge in [0, 0.05) is 26.2 Å². The summed E-state index contributed by atoms with van der Waals surface area (Å²) in [6.45, 7) is 5.42. The lowest BCUT2D eigenvalue weighted by atomic mass is 9.90. The Labute approximate surface area is 127 Å². The number of hydrogen-bond acceptors (Lipinski definition) is 3. The minimum Gasteiger partial charge on any atom is -0.377 e. The van der Waals surface area contributed by atoms with E-state index in [0.29, 0.717) is 6.54 Å². The number of piperidine rings is 1. The fourth-order valence-electron chi connectivity index (χ4n) is 2.97. The molecule has 4 heteroatoms. The molecule has 0 saturated carbocycles. The summed E-state index contributed by atoms with van der Waals surface area (Å²) in [6.07, 6.45) is 1.97. The first-order chi connectivity index (χ1) is 9.97. The predicted octanol–water partition coefficient (Wildman–Crippen LogP) is 2.35. The zero-order chi connectivity index (χ0) is 15.5. The standard InChI is InChI=1S/C17H26N2O2/c1-13(15(18)14-8-5-4-6-9-14)16(20)19-11-7-10-17(2,12-19)21-3/h4-6,8-9,13,15H,7,10-12,18H2,1-3H3. The number of nitrogens with two attached hydrogens (primary N) is 1. The molecular weight excluding hydrogens is 264 g/mol. The summed E-state index contributed by atoms with van der Waals surface area (Å²) >= 11 is 0. The quantitative estimate of drug-likeness (QED) is 0.926. The fraction of sp³-hybridized carbons (Fsp3) is 0.588. The molecule has 1 aliphatic rings. The van der Waals surface area contributed by atoms with Gasteiger partial charge in [0.05, 0.1) is 11.5 Å². The van der Waals surface area contributed by atoms with E-state index in [1.807, 2.05) is 42.2 Å². The van der Waals surface area contributed by atoms with Crippen molar-refractivity contribution in [1.29, 1.82) is 0 Å².